The maximum atomic E-state index is 6.32. The first-order valence-electron chi connectivity index (χ1n) is 9.90. The lowest BCUT2D eigenvalue weighted by atomic mass is 9.80. The summed E-state index contributed by atoms with van der Waals surface area (Å²) in [6.45, 7) is 6.40. The highest BCUT2D eigenvalue weighted by Gasteiger charge is 2.37. The third kappa shape index (κ3) is 11.1. The molecule has 0 rings (SSSR count). The Labute approximate surface area is 145 Å². The topological polar surface area (TPSA) is 104 Å². The third-order valence-corrected chi connectivity index (χ3v) is 5.13. The monoisotopic (exact) mass is 328 g/mol. The van der Waals surface area contributed by atoms with Gasteiger partial charge >= 0.3 is 0 Å². The van der Waals surface area contributed by atoms with E-state index in [9.17, 15) is 0 Å². The van der Waals surface area contributed by atoms with Gasteiger partial charge in [0.1, 0.15) is 5.79 Å². The van der Waals surface area contributed by atoms with Gasteiger partial charge in [-0.05, 0) is 19.3 Å². The summed E-state index contributed by atoms with van der Waals surface area (Å²) in [6, 6.07) is 0. The van der Waals surface area contributed by atoms with E-state index in [1.54, 1.807) is 0 Å². The highest BCUT2D eigenvalue weighted by Crippen LogP contribution is 2.28. The fraction of sp³-hybridized carbons (Fsp3) is 1.00. The summed E-state index contributed by atoms with van der Waals surface area (Å²) in [7, 11) is 0. The fourth-order valence-corrected chi connectivity index (χ4v) is 3.20. The van der Waals surface area contributed by atoms with Gasteiger partial charge in [-0.15, -0.1) is 0 Å². The van der Waals surface area contributed by atoms with Crippen LogP contribution in [0.5, 0.6) is 0 Å². The fourth-order valence-electron chi connectivity index (χ4n) is 3.20. The van der Waals surface area contributed by atoms with Crippen molar-refractivity contribution in [1.82, 2.24) is 0 Å². The standard InChI is InChI=1S/C19H44N4/c1-4-6-8-10-11-13-15-17(14-12-9-7-5-2)16-18(3,20)19(21,22)23/h17H,4-16,20-23H2,1-3H3. The van der Waals surface area contributed by atoms with E-state index < -0.39 is 11.3 Å². The van der Waals surface area contributed by atoms with Crippen molar-refractivity contribution < 1.29 is 0 Å². The van der Waals surface area contributed by atoms with Crippen LogP contribution in [0, 0.1) is 5.92 Å². The number of unbranched alkanes of at least 4 members (excludes halogenated alkanes) is 8. The van der Waals surface area contributed by atoms with Gasteiger partial charge in [0.05, 0.1) is 5.54 Å². The molecule has 0 aromatic carbocycles. The van der Waals surface area contributed by atoms with E-state index in [0.717, 1.165) is 6.42 Å². The third-order valence-electron chi connectivity index (χ3n) is 5.13. The van der Waals surface area contributed by atoms with E-state index in [1.165, 1.54) is 77.0 Å². The minimum absolute atomic E-state index is 0.586. The highest BCUT2D eigenvalue weighted by molar-refractivity contribution is 4.97. The molecule has 0 bridgehead atoms. The summed E-state index contributed by atoms with van der Waals surface area (Å²) in [5, 5.41) is 0. The van der Waals surface area contributed by atoms with Crippen molar-refractivity contribution in [1.29, 1.82) is 0 Å². The Hall–Kier alpha value is -0.160. The molecule has 0 aliphatic heterocycles. The first kappa shape index (κ1) is 22.8. The Kier molecular flexibility index (Phi) is 12.2. The van der Waals surface area contributed by atoms with E-state index in [0.29, 0.717) is 5.92 Å². The summed E-state index contributed by atoms with van der Waals surface area (Å²) >= 11 is 0. The average Bonchev–Trinajstić information content (AvgIpc) is 2.45. The molecular weight excluding hydrogens is 284 g/mol. The zero-order chi connectivity index (χ0) is 17.8. The molecule has 0 aliphatic rings. The lowest BCUT2D eigenvalue weighted by Crippen LogP contribution is -2.76. The van der Waals surface area contributed by atoms with E-state index in [4.69, 9.17) is 22.9 Å². The molecule has 23 heavy (non-hydrogen) atoms. The molecule has 8 N–H and O–H groups in total. The van der Waals surface area contributed by atoms with Crippen LogP contribution in [0.15, 0.2) is 0 Å². The predicted octanol–water partition coefficient (Wildman–Crippen LogP) is 3.96. The van der Waals surface area contributed by atoms with Crippen LogP contribution in [0.3, 0.4) is 0 Å². The summed E-state index contributed by atoms with van der Waals surface area (Å²) < 4.78 is 0. The van der Waals surface area contributed by atoms with Crippen molar-refractivity contribution in [2.45, 2.75) is 116 Å². The Morgan fingerprint density at radius 1 is 0.652 bits per heavy atom. The van der Waals surface area contributed by atoms with Crippen LogP contribution in [0.25, 0.3) is 0 Å². The second-order valence-corrected chi connectivity index (χ2v) is 7.83. The summed E-state index contributed by atoms with van der Waals surface area (Å²) in [4.78, 5) is 0. The van der Waals surface area contributed by atoms with Crippen LogP contribution < -0.4 is 22.9 Å². The van der Waals surface area contributed by atoms with Crippen molar-refractivity contribution in [3.05, 3.63) is 0 Å². The summed E-state index contributed by atoms with van der Waals surface area (Å²) in [5.74, 6) is -0.724. The van der Waals surface area contributed by atoms with Crippen molar-refractivity contribution in [3.63, 3.8) is 0 Å². The highest BCUT2D eigenvalue weighted by atomic mass is 15.2. The maximum absolute atomic E-state index is 6.32. The molecule has 0 fully saturated rings. The average molecular weight is 329 g/mol. The van der Waals surface area contributed by atoms with Crippen molar-refractivity contribution in [3.8, 4) is 0 Å². The molecular formula is C19H44N4. The quantitative estimate of drug-likeness (QED) is 0.270. The molecule has 0 saturated heterocycles. The van der Waals surface area contributed by atoms with E-state index in [-0.39, 0.29) is 0 Å². The van der Waals surface area contributed by atoms with Crippen LogP contribution in [-0.2, 0) is 0 Å². The van der Waals surface area contributed by atoms with Gasteiger partial charge in [0, 0.05) is 0 Å². The molecule has 2 unspecified atom stereocenters. The Balaban J connectivity index is 4.28. The first-order chi connectivity index (χ1) is 10.7. The van der Waals surface area contributed by atoms with E-state index in [2.05, 4.69) is 13.8 Å². The Morgan fingerprint density at radius 2 is 1.04 bits per heavy atom. The SMILES string of the molecule is CCCCCCCCC(CCCCCC)CC(C)(N)C(N)(N)N. The van der Waals surface area contributed by atoms with Gasteiger partial charge in [-0.1, -0.05) is 90.9 Å². The van der Waals surface area contributed by atoms with Crippen LogP contribution in [0.2, 0.25) is 0 Å². The normalized spacial score (nSPS) is 16.3. The number of hydrogen-bond acceptors (Lipinski definition) is 4. The van der Waals surface area contributed by atoms with Gasteiger partial charge in [0.25, 0.3) is 0 Å². The molecule has 0 saturated carbocycles. The van der Waals surface area contributed by atoms with Crippen molar-refractivity contribution >= 4 is 0 Å². The molecule has 140 valence electrons. The lowest BCUT2D eigenvalue weighted by Gasteiger charge is -2.40. The zero-order valence-electron chi connectivity index (χ0n) is 16.1. The number of nitrogens with two attached hydrogens (primary N) is 4. The molecule has 2 atom stereocenters. The second-order valence-electron chi connectivity index (χ2n) is 7.83. The largest absolute Gasteiger partial charge is 0.322 e. The van der Waals surface area contributed by atoms with Crippen LogP contribution in [0.1, 0.15) is 104 Å². The van der Waals surface area contributed by atoms with E-state index >= 15 is 0 Å². The van der Waals surface area contributed by atoms with Gasteiger partial charge < -0.3 is 5.73 Å². The van der Waals surface area contributed by atoms with Crippen molar-refractivity contribution in [2.75, 3.05) is 0 Å². The van der Waals surface area contributed by atoms with Gasteiger partial charge in [0.2, 0.25) is 0 Å². The van der Waals surface area contributed by atoms with Crippen LogP contribution >= 0.6 is 0 Å². The predicted molar refractivity (Wildman–Crippen MR) is 103 cm³/mol. The van der Waals surface area contributed by atoms with Crippen molar-refractivity contribution in [2.24, 2.45) is 28.9 Å². The van der Waals surface area contributed by atoms with Gasteiger partial charge in [-0.25, -0.2) is 0 Å². The first-order valence-corrected chi connectivity index (χ1v) is 9.90. The molecule has 0 aliphatic carbocycles. The molecule has 0 aromatic rings. The van der Waals surface area contributed by atoms with Gasteiger partial charge in [0.15, 0.2) is 0 Å². The molecule has 0 heterocycles. The Bertz CT molecular complexity index is 271. The molecule has 4 heteroatoms. The van der Waals surface area contributed by atoms with Gasteiger partial charge in [-0.3, -0.25) is 17.2 Å². The molecule has 0 aromatic heterocycles. The number of hydrogen-bond donors (Lipinski definition) is 4. The summed E-state index contributed by atoms with van der Waals surface area (Å²) in [6.07, 6.45) is 16.4. The molecule has 0 amide bonds. The minimum atomic E-state index is -1.31. The van der Waals surface area contributed by atoms with Gasteiger partial charge in [-0.2, -0.15) is 0 Å². The van der Waals surface area contributed by atoms with Crippen LogP contribution in [0.4, 0.5) is 0 Å². The van der Waals surface area contributed by atoms with E-state index in [1.807, 2.05) is 6.92 Å². The maximum Gasteiger partial charge on any atom is 0.134 e. The minimum Gasteiger partial charge on any atom is -0.322 e. The second kappa shape index (κ2) is 12.2. The van der Waals surface area contributed by atoms with Crippen LogP contribution in [-0.4, -0.2) is 11.3 Å². The number of rotatable bonds is 15. The molecule has 0 spiro atoms. The molecule has 0 radical (unpaired) electrons. The molecule has 4 nitrogen and oxygen atoms in total. The smallest absolute Gasteiger partial charge is 0.134 e. The Morgan fingerprint density at radius 3 is 1.48 bits per heavy atom. The lowest BCUT2D eigenvalue weighted by molar-refractivity contribution is 0.190. The summed E-state index contributed by atoms with van der Waals surface area (Å²) in [5.41, 5.74) is 23.2. The zero-order valence-corrected chi connectivity index (χ0v) is 16.1.